The maximum Gasteiger partial charge on any atom is 0.398 e. The summed E-state index contributed by atoms with van der Waals surface area (Å²) in [4.78, 5) is 10.9. The van der Waals surface area contributed by atoms with Gasteiger partial charge in [-0.25, -0.2) is 0 Å². The van der Waals surface area contributed by atoms with Crippen molar-refractivity contribution in [3.63, 3.8) is 0 Å². The Balaban J connectivity index is 2.19. The lowest BCUT2D eigenvalue weighted by atomic mass is 9.77. The van der Waals surface area contributed by atoms with E-state index in [0.29, 0.717) is 18.1 Å². The van der Waals surface area contributed by atoms with Gasteiger partial charge in [-0.1, -0.05) is 43.6 Å². The molecule has 0 saturated heterocycles. The molecule has 0 aliphatic rings. The van der Waals surface area contributed by atoms with Crippen LogP contribution in [0.5, 0.6) is 11.5 Å². The molecular weight excluding hydrogens is 492 g/mol. The van der Waals surface area contributed by atoms with Crippen molar-refractivity contribution in [2.75, 3.05) is 25.7 Å². The van der Waals surface area contributed by atoms with Crippen LogP contribution in [0, 0.1) is 12.8 Å². The third-order valence-corrected chi connectivity index (χ3v) is 6.00. The Morgan fingerprint density at radius 2 is 1.68 bits per heavy atom. The molecule has 0 saturated carbocycles. The zero-order valence-electron chi connectivity index (χ0n) is 19.6. The number of alkyl halides is 4. The predicted octanol–water partition coefficient (Wildman–Crippen LogP) is 7.10. The summed E-state index contributed by atoms with van der Waals surface area (Å²) in [6.07, 6.45) is -3.83. The van der Waals surface area contributed by atoms with Crippen LogP contribution in [0.25, 0.3) is 0 Å². The Hall–Kier alpha value is -2.12. The molecule has 1 unspecified atom stereocenters. The summed E-state index contributed by atoms with van der Waals surface area (Å²) in [5, 5.41) is 0.206. The van der Waals surface area contributed by atoms with Crippen molar-refractivity contribution in [3.05, 3.63) is 58.1 Å². The molecular formula is C25H29Cl2F3O4. The summed E-state index contributed by atoms with van der Waals surface area (Å²) in [6.45, 7) is 5.85. The van der Waals surface area contributed by atoms with E-state index in [1.165, 1.54) is 0 Å². The first-order valence-corrected chi connectivity index (χ1v) is 11.7. The van der Waals surface area contributed by atoms with Gasteiger partial charge in [-0.2, -0.15) is 13.2 Å². The molecule has 0 N–H and O–H groups in total. The molecule has 0 radical (unpaired) electrons. The third-order valence-electron chi connectivity index (χ3n) is 5.45. The minimum atomic E-state index is -4.59. The summed E-state index contributed by atoms with van der Waals surface area (Å²) in [5.74, 6) is -1.30. The third kappa shape index (κ3) is 7.70. The molecule has 188 valence electrons. The number of esters is 1. The first kappa shape index (κ1) is 28.1. The first-order chi connectivity index (χ1) is 15.9. The molecule has 9 heteroatoms. The molecule has 2 rings (SSSR count). The van der Waals surface area contributed by atoms with E-state index in [2.05, 4.69) is 4.74 Å². The quantitative estimate of drug-likeness (QED) is 0.180. The minimum Gasteiger partial charge on any atom is -0.494 e. The summed E-state index contributed by atoms with van der Waals surface area (Å²) < 4.78 is 55.5. The van der Waals surface area contributed by atoms with Crippen LogP contribution >= 0.6 is 23.2 Å². The Morgan fingerprint density at radius 3 is 2.21 bits per heavy atom. The maximum atomic E-state index is 13.3. The number of aryl methyl sites for hydroxylation is 1. The molecule has 0 heterocycles. The van der Waals surface area contributed by atoms with Gasteiger partial charge in [-0.05, 0) is 48.2 Å². The van der Waals surface area contributed by atoms with Crippen LogP contribution in [0.2, 0.25) is 5.02 Å². The zero-order valence-corrected chi connectivity index (χ0v) is 21.1. The van der Waals surface area contributed by atoms with Crippen molar-refractivity contribution in [1.29, 1.82) is 0 Å². The molecule has 34 heavy (non-hydrogen) atoms. The first-order valence-electron chi connectivity index (χ1n) is 10.8. The lowest BCUT2D eigenvalue weighted by Crippen LogP contribution is -2.33. The highest BCUT2D eigenvalue weighted by atomic mass is 35.5. The Morgan fingerprint density at radius 1 is 1.03 bits per heavy atom. The van der Waals surface area contributed by atoms with Gasteiger partial charge in [0.15, 0.2) is 0 Å². The summed E-state index contributed by atoms with van der Waals surface area (Å²) >= 11 is 12.1. The normalized spacial score (nSPS) is 12.9. The van der Waals surface area contributed by atoms with Crippen molar-refractivity contribution in [2.45, 2.75) is 45.7 Å². The minimum absolute atomic E-state index is 0.168. The smallest absolute Gasteiger partial charge is 0.398 e. The number of benzene rings is 2. The molecule has 0 aliphatic carbocycles. The van der Waals surface area contributed by atoms with Gasteiger partial charge in [-0.3, -0.25) is 4.79 Å². The molecule has 0 fully saturated rings. The lowest BCUT2D eigenvalue weighted by molar-refractivity contribution is -0.196. The van der Waals surface area contributed by atoms with Crippen LogP contribution in [0.3, 0.4) is 0 Å². The topological polar surface area (TPSA) is 44.8 Å². The molecule has 0 bridgehead atoms. The van der Waals surface area contributed by atoms with Crippen LogP contribution in [-0.4, -0.2) is 37.8 Å². The van der Waals surface area contributed by atoms with Crippen LogP contribution in [-0.2, 0) is 14.9 Å². The van der Waals surface area contributed by atoms with E-state index in [9.17, 15) is 18.0 Å². The largest absolute Gasteiger partial charge is 0.494 e. The molecule has 0 aromatic heterocycles. The Labute approximate surface area is 208 Å². The van der Waals surface area contributed by atoms with Gasteiger partial charge in [0.2, 0.25) is 0 Å². The van der Waals surface area contributed by atoms with Gasteiger partial charge in [0.1, 0.15) is 30.6 Å². The van der Waals surface area contributed by atoms with E-state index in [1.807, 2.05) is 44.2 Å². The van der Waals surface area contributed by atoms with E-state index >= 15 is 0 Å². The van der Waals surface area contributed by atoms with Crippen LogP contribution in [0.1, 0.15) is 43.9 Å². The molecule has 0 aliphatic heterocycles. The zero-order chi connectivity index (χ0) is 25.5. The average molecular weight is 521 g/mol. The molecule has 0 amide bonds. The van der Waals surface area contributed by atoms with Crippen molar-refractivity contribution < 1.29 is 32.2 Å². The fourth-order valence-electron chi connectivity index (χ4n) is 3.29. The average Bonchev–Trinajstić information content (AvgIpc) is 2.74. The Bertz CT molecular complexity index is 937. The van der Waals surface area contributed by atoms with Gasteiger partial charge in [0.05, 0.1) is 11.6 Å². The second-order valence-electron chi connectivity index (χ2n) is 8.50. The van der Waals surface area contributed by atoms with E-state index in [0.717, 1.165) is 30.2 Å². The molecule has 2 aromatic rings. The highest BCUT2D eigenvalue weighted by Gasteiger charge is 2.41. The van der Waals surface area contributed by atoms with Gasteiger partial charge < -0.3 is 14.2 Å². The van der Waals surface area contributed by atoms with Crippen LogP contribution in [0.4, 0.5) is 13.2 Å². The summed E-state index contributed by atoms with van der Waals surface area (Å²) in [7, 11) is 0. The number of carbonyl (C=O) groups is 1. The second-order valence-corrected chi connectivity index (χ2v) is 9.28. The van der Waals surface area contributed by atoms with Gasteiger partial charge in [-0.15, -0.1) is 11.6 Å². The predicted molar refractivity (Wildman–Crippen MR) is 127 cm³/mol. The van der Waals surface area contributed by atoms with Gasteiger partial charge >= 0.3 is 12.1 Å². The van der Waals surface area contributed by atoms with Gasteiger partial charge in [0, 0.05) is 18.2 Å². The van der Waals surface area contributed by atoms with Crippen molar-refractivity contribution in [3.8, 4) is 11.5 Å². The Kier molecular flexibility index (Phi) is 9.95. The van der Waals surface area contributed by atoms with Crippen molar-refractivity contribution >= 4 is 29.2 Å². The van der Waals surface area contributed by atoms with Crippen molar-refractivity contribution in [2.24, 2.45) is 5.92 Å². The number of carbonyl (C=O) groups excluding carboxylic acids is 1. The SMILES string of the molecule is CC(=O)OCC(COc1c(C)cc(C(C)(C)c2ccc(OCCCCl)cc2)cc1Cl)C(F)(F)F. The second kappa shape index (κ2) is 12.0. The molecule has 1 atom stereocenters. The van der Waals surface area contributed by atoms with Crippen LogP contribution < -0.4 is 9.47 Å². The number of hydrogen-bond acceptors (Lipinski definition) is 4. The molecule has 2 aromatic carbocycles. The highest BCUT2D eigenvalue weighted by molar-refractivity contribution is 6.32. The summed E-state index contributed by atoms with van der Waals surface area (Å²) in [6, 6.07) is 11.2. The fraction of sp³-hybridized carbons (Fsp3) is 0.480. The van der Waals surface area contributed by atoms with E-state index in [-0.39, 0.29) is 10.8 Å². The number of hydrogen-bond donors (Lipinski definition) is 0. The van der Waals surface area contributed by atoms with Gasteiger partial charge in [0.25, 0.3) is 0 Å². The number of rotatable bonds is 11. The number of halogens is 5. The van der Waals surface area contributed by atoms with E-state index in [4.69, 9.17) is 32.7 Å². The molecule has 0 spiro atoms. The molecule has 4 nitrogen and oxygen atoms in total. The van der Waals surface area contributed by atoms with E-state index < -0.39 is 36.7 Å². The fourth-order valence-corrected chi connectivity index (χ4v) is 3.72. The highest BCUT2D eigenvalue weighted by Crippen LogP contribution is 2.39. The lowest BCUT2D eigenvalue weighted by Gasteiger charge is -2.28. The van der Waals surface area contributed by atoms with E-state index in [1.54, 1.807) is 13.0 Å². The standard InChI is InChI=1S/C25H29Cl2F3O4/c1-16-12-19(24(3,4)18-6-8-21(9-7-18)32-11-5-10-26)13-22(27)23(16)34-15-20(25(28,29)30)14-33-17(2)31/h6-9,12-13,20H,5,10-11,14-15H2,1-4H3. The van der Waals surface area contributed by atoms with Crippen LogP contribution in [0.15, 0.2) is 36.4 Å². The summed E-state index contributed by atoms with van der Waals surface area (Å²) in [5.41, 5.74) is 2.06. The monoisotopic (exact) mass is 520 g/mol. The number of ether oxygens (including phenoxy) is 3. The maximum absolute atomic E-state index is 13.3. The van der Waals surface area contributed by atoms with Crippen molar-refractivity contribution in [1.82, 2.24) is 0 Å².